The molecule has 0 saturated carbocycles. The van der Waals surface area contributed by atoms with Crippen LogP contribution in [0.25, 0.3) is 22.3 Å². The third-order valence-corrected chi connectivity index (χ3v) is 9.22. The van der Waals surface area contributed by atoms with Crippen LogP contribution < -0.4 is 31.6 Å². The number of nitrogens with one attached hydrogen (secondary N) is 4. The summed E-state index contributed by atoms with van der Waals surface area (Å²) in [7, 11) is 3.35. The Morgan fingerprint density at radius 2 is 1.00 bits per heavy atom. The first-order chi connectivity index (χ1) is 28.3. The van der Waals surface area contributed by atoms with Crippen molar-refractivity contribution in [2.75, 3.05) is 40.6 Å². The highest BCUT2D eigenvalue weighted by Crippen LogP contribution is 2.34. The zero-order valence-corrected chi connectivity index (χ0v) is 35.6. The molecule has 0 spiro atoms. The maximum Gasteiger partial charge on any atom is 0.226 e. The fourth-order valence-electron chi connectivity index (χ4n) is 6.21. The van der Waals surface area contributed by atoms with E-state index in [-0.39, 0.29) is 36.6 Å². The van der Waals surface area contributed by atoms with E-state index in [0.717, 1.165) is 64.1 Å². The van der Waals surface area contributed by atoms with E-state index in [4.69, 9.17) is 41.2 Å². The van der Waals surface area contributed by atoms with Crippen molar-refractivity contribution in [3.05, 3.63) is 107 Å². The SMILES string of the molecule is COCCCOc1cc(CCC(=O)NC(=N)N)ccc1-c1ccc(C(C)C)cc1.COCCCOc1cc(CCC(=O)NC(=N)N)ccc1-c1ccc(CC(C)C)cc1. The van der Waals surface area contributed by atoms with Crippen molar-refractivity contribution in [3.8, 4) is 33.8 Å². The quantitative estimate of drug-likeness (QED) is 0.0279. The Kier molecular flexibility index (Phi) is 20.7. The van der Waals surface area contributed by atoms with Gasteiger partial charge in [-0.3, -0.25) is 31.0 Å². The van der Waals surface area contributed by atoms with E-state index in [0.29, 0.717) is 51.1 Å². The second-order valence-electron chi connectivity index (χ2n) is 15.0. The van der Waals surface area contributed by atoms with Crippen molar-refractivity contribution < 1.29 is 28.5 Å². The summed E-state index contributed by atoms with van der Waals surface area (Å²) in [5.74, 6) is 1.49. The van der Waals surface area contributed by atoms with Crippen molar-refractivity contribution in [2.45, 2.75) is 78.6 Å². The fraction of sp³-hybridized carbons (Fsp3) is 0.404. The van der Waals surface area contributed by atoms with Crippen LogP contribution in [-0.4, -0.2) is 64.4 Å². The summed E-state index contributed by atoms with van der Waals surface area (Å²) in [6.07, 6.45) is 4.25. The van der Waals surface area contributed by atoms with Crippen LogP contribution in [0.15, 0.2) is 84.9 Å². The van der Waals surface area contributed by atoms with Gasteiger partial charge in [-0.25, -0.2) is 0 Å². The summed E-state index contributed by atoms with van der Waals surface area (Å²) in [6.45, 7) is 11.2. The number of aryl methyl sites for hydroxylation is 2. The lowest BCUT2D eigenvalue weighted by Crippen LogP contribution is -2.35. The molecule has 4 aromatic rings. The van der Waals surface area contributed by atoms with Crippen LogP contribution in [0.2, 0.25) is 0 Å². The number of carbonyl (C=O) groups excluding carboxylic acids is 2. The van der Waals surface area contributed by atoms with Crippen molar-refractivity contribution >= 4 is 23.7 Å². The van der Waals surface area contributed by atoms with Gasteiger partial charge in [-0.2, -0.15) is 0 Å². The number of benzene rings is 4. The Morgan fingerprint density at radius 1 is 0.593 bits per heavy atom. The van der Waals surface area contributed by atoms with Gasteiger partial charge in [0.25, 0.3) is 0 Å². The highest BCUT2D eigenvalue weighted by atomic mass is 16.5. The Balaban J connectivity index is 0.000000316. The summed E-state index contributed by atoms with van der Waals surface area (Å²) in [5.41, 5.74) is 19.3. The number of ether oxygens (including phenoxy) is 4. The smallest absolute Gasteiger partial charge is 0.226 e. The largest absolute Gasteiger partial charge is 0.493 e. The van der Waals surface area contributed by atoms with Crippen LogP contribution in [0.3, 0.4) is 0 Å². The van der Waals surface area contributed by atoms with Crippen LogP contribution in [0.5, 0.6) is 11.5 Å². The molecule has 0 radical (unpaired) electrons. The lowest BCUT2D eigenvalue weighted by atomic mass is 9.97. The number of carbonyl (C=O) groups is 2. The minimum absolute atomic E-state index is 0.255. The molecule has 12 nitrogen and oxygen atoms in total. The molecule has 59 heavy (non-hydrogen) atoms. The Bertz CT molecular complexity index is 1930. The molecule has 4 rings (SSSR count). The van der Waals surface area contributed by atoms with Gasteiger partial charge in [0, 0.05) is 64.2 Å². The molecule has 0 unspecified atom stereocenters. The van der Waals surface area contributed by atoms with Gasteiger partial charge in [0.2, 0.25) is 11.8 Å². The molecule has 0 saturated heterocycles. The molecule has 0 aromatic heterocycles. The number of rotatable bonds is 21. The first kappa shape index (κ1) is 47.7. The monoisotopic (exact) mass is 808 g/mol. The lowest BCUT2D eigenvalue weighted by Gasteiger charge is -2.15. The number of guanidine groups is 2. The van der Waals surface area contributed by atoms with Gasteiger partial charge in [0.15, 0.2) is 11.9 Å². The fourth-order valence-corrected chi connectivity index (χ4v) is 6.21. The average molecular weight is 809 g/mol. The van der Waals surface area contributed by atoms with Gasteiger partial charge in [-0.1, -0.05) is 100 Å². The molecule has 0 aliphatic carbocycles. The lowest BCUT2D eigenvalue weighted by molar-refractivity contribution is -0.120. The molecule has 0 aliphatic heterocycles. The van der Waals surface area contributed by atoms with Crippen molar-refractivity contribution in [1.29, 1.82) is 10.8 Å². The zero-order chi connectivity index (χ0) is 43.2. The molecule has 0 heterocycles. The van der Waals surface area contributed by atoms with Crippen LogP contribution in [0, 0.1) is 16.7 Å². The molecule has 0 aliphatic rings. The molecule has 8 N–H and O–H groups in total. The topological polar surface area (TPSA) is 195 Å². The minimum atomic E-state index is -0.336. The molecular weight excluding hydrogens is 745 g/mol. The van der Waals surface area contributed by atoms with Crippen LogP contribution in [0.1, 0.15) is 81.5 Å². The van der Waals surface area contributed by atoms with E-state index in [2.05, 4.69) is 86.9 Å². The van der Waals surface area contributed by atoms with E-state index >= 15 is 0 Å². The number of hydrogen-bond acceptors (Lipinski definition) is 8. The van der Waals surface area contributed by atoms with Crippen LogP contribution >= 0.6 is 0 Å². The van der Waals surface area contributed by atoms with E-state index in [1.165, 1.54) is 11.1 Å². The van der Waals surface area contributed by atoms with Crippen molar-refractivity contribution in [3.63, 3.8) is 0 Å². The summed E-state index contributed by atoms with van der Waals surface area (Å²) < 4.78 is 22.3. The van der Waals surface area contributed by atoms with Crippen molar-refractivity contribution in [2.24, 2.45) is 17.4 Å². The molecule has 2 amide bonds. The average Bonchev–Trinajstić information content (AvgIpc) is 3.19. The second-order valence-corrected chi connectivity index (χ2v) is 15.0. The van der Waals surface area contributed by atoms with E-state index < -0.39 is 0 Å². The first-order valence-corrected chi connectivity index (χ1v) is 20.3. The Hall–Kier alpha value is -5.72. The maximum atomic E-state index is 11.8. The van der Waals surface area contributed by atoms with Crippen molar-refractivity contribution in [1.82, 2.24) is 10.6 Å². The summed E-state index contributed by atoms with van der Waals surface area (Å²) in [6, 6.07) is 29.2. The molecule has 318 valence electrons. The third kappa shape index (κ3) is 17.8. The molecule has 4 aromatic carbocycles. The number of nitrogens with two attached hydrogens (primary N) is 2. The van der Waals surface area contributed by atoms with E-state index in [1.54, 1.807) is 14.2 Å². The van der Waals surface area contributed by atoms with Gasteiger partial charge in [-0.15, -0.1) is 0 Å². The normalized spacial score (nSPS) is 10.8. The molecule has 0 atom stereocenters. The van der Waals surface area contributed by atoms with Crippen LogP contribution in [-0.2, 0) is 38.3 Å². The predicted octanol–water partition coefficient (Wildman–Crippen LogP) is 7.74. The van der Waals surface area contributed by atoms with Gasteiger partial charge in [0.1, 0.15) is 11.5 Å². The standard InChI is InChI=1S/C24H33N3O3.C23H31N3O3/c1-17(2)15-18-5-9-20(10-6-18)21-11-7-19(8-12-23(28)27-24(25)26)16-22(21)30-14-4-13-29-3;1-16(2)18-7-9-19(10-8-18)20-11-5-17(6-12-22(27)26-23(24)25)15-21(20)29-14-4-13-28-3/h5-7,9-11,16-17H,4,8,12-15H2,1-3H3,(H4,25,26,27,28);5,7-11,15-16H,4,6,12-14H2,1-3H3,(H4,24,25,26,27). The van der Waals surface area contributed by atoms with E-state index in [1.807, 2.05) is 36.4 Å². The summed E-state index contributed by atoms with van der Waals surface area (Å²) in [4.78, 5) is 23.5. The molecule has 12 heteroatoms. The zero-order valence-electron chi connectivity index (χ0n) is 35.6. The van der Waals surface area contributed by atoms with E-state index in [9.17, 15) is 9.59 Å². The highest BCUT2D eigenvalue weighted by Gasteiger charge is 2.13. The molecule has 0 bridgehead atoms. The Labute approximate surface area is 350 Å². The van der Waals surface area contributed by atoms with Gasteiger partial charge < -0.3 is 30.4 Å². The predicted molar refractivity (Wildman–Crippen MR) is 237 cm³/mol. The molecular formula is C47H64N6O6. The second kappa shape index (κ2) is 25.6. The van der Waals surface area contributed by atoms with Gasteiger partial charge >= 0.3 is 0 Å². The first-order valence-electron chi connectivity index (χ1n) is 20.3. The number of hydrogen-bond donors (Lipinski definition) is 6. The number of methoxy groups -OCH3 is 2. The maximum absolute atomic E-state index is 11.8. The van der Waals surface area contributed by atoms with Gasteiger partial charge in [-0.05, 0) is 76.6 Å². The molecule has 0 fully saturated rings. The van der Waals surface area contributed by atoms with Gasteiger partial charge in [0.05, 0.1) is 13.2 Å². The van der Waals surface area contributed by atoms with Crippen LogP contribution in [0.4, 0.5) is 0 Å². The summed E-state index contributed by atoms with van der Waals surface area (Å²) in [5, 5.41) is 18.9. The Morgan fingerprint density at radius 3 is 1.37 bits per heavy atom. The minimum Gasteiger partial charge on any atom is -0.493 e. The summed E-state index contributed by atoms with van der Waals surface area (Å²) >= 11 is 0. The third-order valence-electron chi connectivity index (χ3n) is 9.22. The highest BCUT2D eigenvalue weighted by molar-refractivity contribution is 5.95. The number of amides is 2.